The number of amides is 1. The number of carbonyl (C=O) groups excluding carboxylic acids is 1. The fourth-order valence-corrected chi connectivity index (χ4v) is 5.60. The van der Waals surface area contributed by atoms with Crippen LogP contribution in [0.4, 0.5) is 11.5 Å². The van der Waals surface area contributed by atoms with Gasteiger partial charge >= 0.3 is 5.69 Å². The van der Waals surface area contributed by atoms with E-state index in [4.69, 9.17) is 10.7 Å². The van der Waals surface area contributed by atoms with Crippen molar-refractivity contribution in [3.63, 3.8) is 0 Å². The van der Waals surface area contributed by atoms with Gasteiger partial charge in [-0.2, -0.15) is 0 Å². The maximum absolute atomic E-state index is 13.8. The molecule has 3 aromatic carbocycles. The Labute approximate surface area is 241 Å². The van der Waals surface area contributed by atoms with Crippen LogP contribution in [0.1, 0.15) is 25.0 Å². The Hall–Kier alpha value is -4.57. The van der Waals surface area contributed by atoms with Crippen molar-refractivity contribution < 1.29 is 4.79 Å². The number of nitrogens with two attached hydrogens (primary N) is 1. The second kappa shape index (κ2) is 11.9. The molecule has 0 aliphatic heterocycles. The lowest BCUT2D eigenvalue weighted by Crippen LogP contribution is -2.43. The van der Waals surface area contributed by atoms with Crippen molar-refractivity contribution in [1.29, 1.82) is 0 Å². The van der Waals surface area contributed by atoms with Gasteiger partial charge in [0.2, 0.25) is 5.91 Å². The largest absolute Gasteiger partial charge is 0.383 e. The maximum Gasteiger partial charge on any atom is 0.330 e. The van der Waals surface area contributed by atoms with Crippen LogP contribution in [0.5, 0.6) is 0 Å². The molecule has 2 heterocycles. The quantitative estimate of drug-likeness (QED) is 0.251. The first-order valence-corrected chi connectivity index (χ1v) is 14.4. The van der Waals surface area contributed by atoms with Crippen LogP contribution in [0.2, 0.25) is 0 Å². The van der Waals surface area contributed by atoms with Gasteiger partial charge in [-0.1, -0.05) is 85.8 Å². The Balaban J connectivity index is 1.49. The first-order valence-electron chi connectivity index (χ1n) is 13.4. The monoisotopic (exact) mass is 568 g/mol. The Morgan fingerprint density at radius 2 is 1.68 bits per heavy atom. The highest BCUT2D eigenvalue weighted by Crippen LogP contribution is 2.29. The smallest absolute Gasteiger partial charge is 0.330 e. The van der Waals surface area contributed by atoms with E-state index in [1.807, 2.05) is 104 Å². The van der Waals surface area contributed by atoms with Crippen molar-refractivity contribution in [3.8, 4) is 5.69 Å². The van der Waals surface area contributed by atoms with Crippen LogP contribution in [0.15, 0.2) is 93.6 Å². The SMILES string of the molecule is Cc1ccc(-n2c(SCC(=O)N(CC(C)C)c3c(N)n(Cc4ccccc4)c(=O)[nH]c3=O)nc3ccccc32)cc1. The van der Waals surface area contributed by atoms with E-state index >= 15 is 0 Å². The number of carbonyl (C=O) groups is 1. The normalized spacial score (nSPS) is 11.3. The molecule has 3 N–H and O–H groups in total. The molecule has 0 bridgehead atoms. The molecular weight excluding hydrogens is 536 g/mol. The molecule has 0 saturated heterocycles. The van der Waals surface area contributed by atoms with Crippen molar-refractivity contribution >= 4 is 40.2 Å². The summed E-state index contributed by atoms with van der Waals surface area (Å²) in [6, 6.07) is 25.3. The number of hydrogen-bond donors (Lipinski definition) is 2. The number of para-hydroxylation sites is 2. The molecule has 0 radical (unpaired) electrons. The highest BCUT2D eigenvalue weighted by molar-refractivity contribution is 7.99. The first-order chi connectivity index (χ1) is 19.7. The van der Waals surface area contributed by atoms with Gasteiger partial charge in [-0.05, 0) is 42.7 Å². The third kappa shape index (κ3) is 5.97. The number of nitrogens with one attached hydrogen (secondary N) is 1. The number of rotatable bonds is 9. The van der Waals surface area contributed by atoms with Crippen molar-refractivity contribution in [2.24, 2.45) is 5.92 Å². The lowest BCUT2D eigenvalue weighted by Gasteiger charge is -2.26. The van der Waals surface area contributed by atoms with E-state index in [1.54, 1.807) is 0 Å². The lowest BCUT2D eigenvalue weighted by atomic mass is 10.2. The zero-order valence-corrected chi connectivity index (χ0v) is 24.0. The summed E-state index contributed by atoms with van der Waals surface area (Å²) in [5.74, 6) is -0.310. The molecule has 1 amide bonds. The number of aromatic amines is 1. The number of aryl methyl sites for hydroxylation is 1. The number of benzene rings is 3. The Morgan fingerprint density at radius 3 is 2.39 bits per heavy atom. The maximum atomic E-state index is 13.8. The van der Waals surface area contributed by atoms with E-state index < -0.39 is 11.2 Å². The molecule has 0 aliphatic carbocycles. The van der Waals surface area contributed by atoms with Crippen LogP contribution in [0.25, 0.3) is 16.7 Å². The fourth-order valence-electron chi connectivity index (χ4n) is 4.69. The summed E-state index contributed by atoms with van der Waals surface area (Å²) >= 11 is 1.29. The molecule has 41 heavy (non-hydrogen) atoms. The van der Waals surface area contributed by atoms with Gasteiger partial charge in [-0.25, -0.2) is 9.78 Å². The van der Waals surface area contributed by atoms with E-state index in [-0.39, 0.29) is 42.2 Å². The molecule has 2 aromatic heterocycles. The standard InChI is InChI=1S/C31H32N6O3S/c1-20(2)17-35(27-28(32)36(30(40)34-29(27)39)18-22-9-5-4-6-10-22)26(38)19-41-31-33-24-11-7-8-12-25(24)37(31)23-15-13-21(3)14-16-23/h4-16,20H,17-19,32H2,1-3H3,(H,34,39,40). The number of aromatic nitrogens is 4. The second-order valence-electron chi connectivity index (χ2n) is 10.3. The van der Waals surface area contributed by atoms with Crippen LogP contribution >= 0.6 is 11.8 Å². The molecule has 0 fully saturated rings. The molecule has 10 heteroatoms. The van der Waals surface area contributed by atoms with Crippen molar-refractivity contribution in [1.82, 2.24) is 19.1 Å². The average molecular weight is 569 g/mol. The van der Waals surface area contributed by atoms with Crippen molar-refractivity contribution in [3.05, 3.63) is 111 Å². The predicted octanol–water partition coefficient (Wildman–Crippen LogP) is 4.60. The van der Waals surface area contributed by atoms with E-state index in [1.165, 1.54) is 21.2 Å². The van der Waals surface area contributed by atoms with Crippen molar-refractivity contribution in [2.45, 2.75) is 32.5 Å². The second-order valence-corrected chi connectivity index (χ2v) is 11.2. The van der Waals surface area contributed by atoms with Crippen LogP contribution < -0.4 is 21.9 Å². The number of nitrogen functional groups attached to an aromatic ring is 1. The number of H-pyrrole nitrogens is 1. The van der Waals surface area contributed by atoms with Gasteiger partial charge in [0.25, 0.3) is 5.56 Å². The van der Waals surface area contributed by atoms with Gasteiger partial charge in [0.15, 0.2) is 10.8 Å². The molecule has 5 aromatic rings. The highest BCUT2D eigenvalue weighted by Gasteiger charge is 2.26. The molecule has 0 aliphatic rings. The lowest BCUT2D eigenvalue weighted by molar-refractivity contribution is -0.116. The third-order valence-corrected chi connectivity index (χ3v) is 7.59. The number of fused-ring (bicyclic) bond motifs is 1. The summed E-state index contributed by atoms with van der Waals surface area (Å²) < 4.78 is 3.32. The fraction of sp³-hybridized carbons (Fsp3) is 0.226. The van der Waals surface area contributed by atoms with Gasteiger partial charge in [0.1, 0.15) is 5.82 Å². The molecule has 5 rings (SSSR count). The summed E-state index contributed by atoms with van der Waals surface area (Å²) in [4.78, 5) is 48.2. The van der Waals surface area contributed by atoms with E-state index in [0.29, 0.717) is 5.16 Å². The van der Waals surface area contributed by atoms with Crippen molar-refractivity contribution in [2.75, 3.05) is 22.9 Å². The van der Waals surface area contributed by atoms with Gasteiger partial charge in [-0.3, -0.25) is 23.7 Å². The molecule has 210 valence electrons. The topological polar surface area (TPSA) is 119 Å². The Morgan fingerprint density at radius 1 is 1.00 bits per heavy atom. The summed E-state index contributed by atoms with van der Waals surface area (Å²) in [7, 11) is 0. The predicted molar refractivity (Wildman–Crippen MR) is 165 cm³/mol. The molecule has 0 saturated carbocycles. The molecular formula is C31H32N6O3S. The van der Waals surface area contributed by atoms with E-state index in [2.05, 4.69) is 4.98 Å². The number of anilines is 2. The summed E-state index contributed by atoms with van der Waals surface area (Å²) in [5, 5.41) is 0.656. The minimum absolute atomic E-state index is 0.0125. The number of thioether (sulfide) groups is 1. The van der Waals surface area contributed by atoms with E-state index in [9.17, 15) is 14.4 Å². The summed E-state index contributed by atoms with van der Waals surface area (Å²) in [6.07, 6.45) is 0. The number of nitrogens with zero attached hydrogens (tertiary/aromatic N) is 4. The molecule has 0 atom stereocenters. The molecule has 9 nitrogen and oxygen atoms in total. The van der Waals surface area contributed by atoms with Gasteiger partial charge < -0.3 is 10.6 Å². The molecule has 0 spiro atoms. The first kappa shape index (κ1) is 28.0. The van der Waals surface area contributed by atoms with Crippen LogP contribution in [0.3, 0.4) is 0 Å². The Kier molecular flexibility index (Phi) is 8.11. The number of imidazole rings is 1. The summed E-state index contributed by atoms with van der Waals surface area (Å²) in [5.41, 5.74) is 9.77. The zero-order chi connectivity index (χ0) is 29.1. The van der Waals surface area contributed by atoms with Crippen LogP contribution in [-0.4, -0.2) is 37.3 Å². The molecule has 0 unspecified atom stereocenters. The zero-order valence-electron chi connectivity index (χ0n) is 23.2. The van der Waals surface area contributed by atoms with Gasteiger partial charge in [0, 0.05) is 12.2 Å². The van der Waals surface area contributed by atoms with E-state index in [0.717, 1.165) is 27.8 Å². The van der Waals surface area contributed by atoms with Gasteiger partial charge in [-0.15, -0.1) is 0 Å². The highest BCUT2D eigenvalue weighted by atomic mass is 32.2. The third-order valence-electron chi connectivity index (χ3n) is 6.66. The average Bonchev–Trinajstić information content (AvgIpc) is 3.32. The minimum atomic E-state index is -0.692. The van der Waals surface area contributed by atoms with Crippen LogP contribution in [-0.2, 0) is 11.3 Å². The van der Waals surface area contributed by atoms with Gasteiger partial charge in [0.05, 0.1) is 23.3 Å². The Bertz CT molecular complexity index is 1810. The minimum Gasteiger partial charge on any atom is -0.383 e. The van der Waals surface area contributed by atoms with Crippen LogP contribution in [0, 0.1) is 12.8 Å². The number of hydrogen-bond acceptors (Lipinski definition) is 6. The summed E-state index contributed by atoms with van der Waals surface area (Å²) in [6.45, 7) is 6.35.